The molecule has 0 bridgehead atoms. The molecule has 1 amide bonds. The quantitative estimate of drug-likeness (QED) is 0.570. The minimum absolute atomic E-state index is 0.0194. The molecule has 0 aliphatic rings. The van der Waals surface area contributed by atoms with Gasteiger partial charge in [-0.3, -0.25) is 4.79 Å². The average Bonchev–Trinajstić information content (AvgIpc) is 3.15. The van der Waals surface area contributed by atoms with Gasteiger partial charge in [0, 0.05) is 31.2 Å². The summed E-state index contributed by atoms with van der Waals surface area (Å²) in [6.45, 7) is 0. The zero-order valence-electron chi connectivity index (χ0n) is 16.2. The molecule has 2 heterocycles. The summed E-state index contributed by atoms with van der Waals surface area (Å²) in [5, 5.41) is 3.25. The summed E-state index contributed by atoms with van der Waals surface area (Å²) in [6, 6.07) is 8.92. The molecule has 30 heavy (non-hydrogen) atoms. The highest BCUT2D eigenvalue weighted by Crippen LogP contribution is 2.31. The van der Waals surface area contributed by atoms with E-state index in [1.807, 2.05) is 25.2 Å². The van der Waals surface area contributed by atoms with Crippen molar-refractivity contribution in [2.24, 2.45) is 7.05 Å². The van der Waals surface area contributed by atoms with E-state index in [1.54, 1.807) is 30.1 Å². The number of carbonyl (C=O) groups excluding carboxylic acids is 1. The number of imidazole rings is 1. The largest absolute Gasteiger partial charge is 0.496 e. The maximum absolute atomic E-state index is 12.6. The van der Waals surface area contributed by atoms with E-state index < -0.39 is 17.8 Å². The molecule has 10 heteroatoms. The lowest BCUT2D eigenvalue weighted by atomic mass is 10.0. The Morgan fingerprint density at radius 2 is 2.00 bits per heavy atom. The molecule has 3 aromatic rings. The smallest absolute Gasteiger partial charge is 0.417 e. The van der Waals surface area contributed by atoms with E-state index in [1.165, 1.54) is 6.07 Å². The molecule has 1 atom stereocenters. The number of pyridine rings is 1. The minimum Gasteiger partial charge on any atom is -0.496 e. The Balaban J connectivity index is 1.73. The molecular weight excluding hydrogens is 417 g/mol. The molecule has 0 fully saturated rings. The molecule has 3 rings (SSSR count). The predicted molar refractivity (Wildman–Crippen MR) is 106 cm³/mol. The molecule has 0 spiro atoms. The lowest BCUT2D eigenvalue weighted by Gasteiger charge is -2.21. The Bertz CT molecular complexity index is 1010. The summed E-state index contributed by atoms with van der Waals surface area (Å²) in [5.41, 5.74) is -0.0948. The maximum Gasteiger partial charge on any atom is 0.417 e. The van der Waals surface area contributed by atoms with E-state index in [0.717, 1.165) is 29.6 Å². The molecule has 1 N–H and O–H groups in total. The number of methoxy groups -OCH3 is 1. The van der Waals surface area contributed by atoms with Crippen LogP contribution in [-0.2, 0) is 18.0 Å². The third kappa shape index (κ3) is 5.12. The van der Waals surface area contributed by atoms with Crippen LogP contribution in [0, 0.1) is 0 Å². The molecule has 0 saturated heterocycles. The molecule has 2 aromatic heterocycles. The molecule has 0 aliphatic carbocycles. The van der Waals surface area contributed by atoms with E-state index in [9.17, 15) is 18.0 Å². The molecule has 0 aliphatic heterocycles. The summed E-state index contributed by atoms with van der Waals surface area (Å²) >= 11 is 1.05. The first-order chi connectivity index (χ1) is 14.3. The summed E-state index contributed by atoms with van der Waals surface area (Å²) in [6.07, 6.45) is -0.293. The third-order valence-electron chi connectivity index (χ3n) is 4.29. The lowest BCUT2D eigenvalue weighted by Crippen LogP contribution is -2.32. The van der Waals surface area contributed by atoms with Crippen LogP contribution in [-0.4, -0.2) is 33.3 Å². The van der Waals surface area contributed by atoms with Gasteiger partial charge in [0.2, 0.25) is 5.91 Å². The number of nitrogens with one attached hydrogen (secondary N) is 1. The Kier molecular flexibility index (Phi) is 6.66. The van der Waals surface area contributed by atoms with E-state index in [4.69, 9.17) is 4.74 Å². The van der Waals surface area contributed by atoms with Crippen molar-refractivity contribution in [1.29, 1.82) is 0 Å². The van der Waals surface area contributed by atoms with Gasteiger partial charge in [-0.15, -0.1) is 0 Å². The first-order valence-electron chi connectivity index (χ1n) is 8.85. The van der Waals surface area contributed by atoms with Crippen molar-refractivity contribution in [1.82, 2.24) is 19.9 Å². The number of nitrogens with zero attached hydrogens (tertiary/aromatic N) is 3. The molecule has 6 nitrogen and oxygen atoms in total. The standard InChI is InChI=1S/C20H19F3N4O2S/c1-27-10-9-24-19(27)18(14-5-3-4-6-15(14)29-2)26-16(28)12-30-17-8-7-13(11-25-17)20(21,22)23/h3-11,18H,12H2,1-2H3,(H,26,28). The first-order valence-corrected chi connectivity index (χ1v) is 9.83. The fourth-order valence-corrected chi connectivity index (χ4v) is 3.47. The van der Waals surface area contributed by atoms with Crippen LogP contribution in [0.4, 0.5) is 13.2 Å². The van der Waals surface area contributed by atoms with Gasteiger partial charge in [0.25, 0.3) is 0 Å². The monoisotopic (exact) mass is 436 g/mol. The summed E-state index contributed by atoms with van der Waals surface area (Å²) < 4.78 is 45.1. The summed E-state index contributed by atoms with van der Waals surface area (Å²) in [7, 11) is 3.36. The normalized spacial score (nSPS) is 12.4. The second-order valence-corrected chi connectivity index (χ2v) is 7.31. The van der Waals surface area contributed by atoms with Crippen LogP contribution in [0.2, 0.25) is 0 Å². The van der Waals surface area contributed by atoms with Crippen LogP contribution >= 0.6 is 11.8 Å². The van der Waals surface area contributed by atoms with Crippen LogP contribution in [0.1, 0.15) is 23.0 Å². The number of hydrogen-bond acceptors (Lipinski definition) is 5. The minimum atomic E-state index is -4.45. The number of thioether (sulfide) groups is 1. The molecule has 158 valence electrons. The SMILES string of the molecule is COc1ccccc1C(NC(=O)CSc1ccc(C(F)(F)F)cn1)c1nccn1C. The van der Waals surface area contributed by atoms with Gasteiger partial charge >= 0.3 is 6.18 Å². The molecular formula is C20H19F3N4O2S. The number of aromatic nitrogens is 3. The van der Waals surface area contributed by atoms with Crippen LogP contribution in [0.3, 0.4) is 0 Å². The van der Waals surface area contributed by atoms with Crippen LogP contribution < -0.4 is 10.1 Å². The van der Waals surface area contributed by atoms with Crippen molar-refractivity contribution in [3.05, 3.63) is 71.9 Å². The number of halogens is 3. The second kappa shape index (κ2) is 9.21. The van der Waals surface area contributed by atoms with Crippen LogP contribution in [0.15, 0.2) is 60.0 Å². The van der Waals surface area contributed by atoms with Gasteiger partial charge in [0.15, 0.2) is 0 Å². The highest BCUT2D eigenvalue weighted by Gasteiger charge is 2.30. The van der Waals surface area contributed by atoms with Gasteiger partial charge in [0.05, 0.1) is 23.5 Å². The second-order valence-electron chi connectivity index (χ2n) is 6.31. The molecule has 1 unspecified atom stereocenters. The Hall–Kier alpha value is -3.01. The van der Waals surface area contributed by atoms with Crippen LogP contribution in [0.5, 0.6) is 5.75 Å². The number of carbonyl (C=O) groups is 1. The number of hydrogen-bond donors (Lipinski definition) is 1. The topological polar surface area (TPSA) is 69.0 Å². The maximum atomic E-state index is 12.6. The van der Waals surface area contributed by atoms with Gasteiger partial charge < -0.3 is 14.6 Å². The number of benzene rings is 1. The van der Waals surface area contributed by atoms with E-state index in [2.05, 4.69) is 15.3 Å². The fraction of sp³-hybridized carbons (Fsp3) is 0.250. The Morgan fingerprint density at radius 1 is 1.23 bits per heavy atom. The van der Waals surface area contributed by atoms with Gasteiger partial charge in [-0.25, -0.2) is 9.97 Å². The fourth-order valence-electron chi connectivity index (χ4n) is 2.82. The molecule has 1 aromatic carbocycles. The number of alkyl halides is 3. The van der Waals surface area contributed by atoms with E-state index in [0.29, 0.717) is 16.6 Å². The predicted octanol–water partition coefficient (Wildman–Crippen LogP) is 3.84. The van der Waals surface area contributed by atoms with Crippen molar-refractivity contribution in [2.75, 3.05) is 12.9 Å². The number of rotatable bonds is 7. The van der Waals surface area contributed by atoms with Gasteiger partial charge in [-0.1, -0.05) is 30.0 Å². The van der Waals surface area contributed by atoms with Crippen molar-refractivity contribution in [3.63, 3.8) is 0 Å². The van der Waals surface area contributed by atoms with Crippen LogP contribution in [0.25, 0.3) is 0 Å². The van der Waals surface area contributed by atoms with Gasteiger partial charge in [0.1, 0.15) is 17.6 Å². The lowest BCUT2D eigenvalue weighted by molar-refractivity contribution is -0.137. The van der Waals surface area contributed by atoms with E-state index >= 15 is 0 Å². The zero-order chi connectivity index (χ0) is 21.7. The average molecular weight is 436 g/mol. The third-order valence-corrected chi connectivity index (χ3v) is 5.23. The van der Waals surface area contributed by atoms with Crippen molar-refractivity contribution >= 4 is 17.7 Å². The van der Waals surface area contributed by atoms with Gasteiger partial charge in [-0.2, -0.15) is 13.2 Å². The van der Waals surface area contributed by atoms with E-state index in [-0.39, 0.29) is 11.7 Å². The van der Waals surface area contributed by atoms with Crippen molar-refractivity contribution in [3.8, 4) is 5.75 Å². The number of para-hydroxylation sites is 1. The zero-order valence-corrected chi connectivity index (χ0v) is 17.0. The molecule has 0 radical (unpaired) electrons. The summed E-state index contributed by atoms with van der Waals surface area (Å²) in [4.78, 5) is 20.7. The molecule has 0 saturated carbocycles. The number of aryl methyl sites for hydroxylation is 1. The summed E-state index contributed by atoms with van der Waals surface area (Å²) in [5.74, 6) is 0.878. The Labute approximate surface area is 175 Å². The highest BCUT2D eigenvalue weighted by atomic mass is 32.2. The highest BCUT2D eigenvalue weighted by molar-refractivity contribution is 7.99. The van der Waals surface area contributed by atoms with Crippen molar-refractivity contribution in [2.45, 2.75) is 17.2 Å². The van der Waals surface area contributed by atoms with Crippen molar-refractivity contribution < 1.29 is 22.7 Å². The first kappa shape index (κ1) is 21.7. The number of amides is 1. The van der Waals surface area contributed by atoms with Gasteiger partial charge in [-0.05, 0) is 18.2 Å². The number of ether oxygens (including phenoxy) is 1. The Morgan fingerprint density at radius 3 is 2.60 bits per heavy atom.